The third-order valence-corrected chi connectivity index (χ3v) is 3.94. The first-order chi connectivity index (χ1) is 8.19. The number of rotatable bonds is 11. The van der Waals surface area contributed by atoms with Gasteiger partial charge in [0.25, 0.3) is 0 Å². The Kier molecular flexibility index (Phi) is 11.0. The average Bonchev–Trinajstić information content (AvgIpc) is 2.35. The Morgan fingerprint density at radius 1 is 0.882 bits per heavy atom. The van der Waals surface area contributed by atoms with E-state index in [1.54, 1.807) is 0 Å². The first-order valence-corrected chi connectivity index (χ1v) is 7.48. The van der Waals surface area contributed by atoms with Gasteiger partial charge in [-0.15, -0.1) is 0 Å². The molecule has 0 amide bonds. The minimum atomic E-state index is -0.136. The van der Waals surface area contributed by atoms with Gasteiger partial charge in [-0.3, -0.25) is 0 Å². The molecule has 0 aromatic heterocycles. The summed E-state index contributed by atoms with van der Waals surface area (Å²) < 4.78 is 0. The lowest BCUT2D eigenvalue weighted by molar-refractivity contribution is 0.0847. The van der Waals surface area contributed by atoms with Gasteiger partial charge in [0.2, 0.25) is 0 Å². The van der Waals surface area contributed by atoms with Crippen molar-refractivity contribution in [3.05, 3.63) is 0 Å². The van der Waals surface area contributed by atoms with Crippen LogP contribution in [0.2, 0.25) is 0 Å². The van der Waals surface area contributed by atoms with E-state index in [9.17, 15) is 5.11 Å². The fourth-order valence-electron chi connectivity index (χ4n) is 2.41. The second-order valence-corrected chi connectivity index (χ2v) is 5.27. The zero-order chi connectivity index (χ0) is 13.1. The Bertz CT molecular complexity index is 155. The zero-order valence-electron chi connectivity index (χ0n) is 12.0. The topological polar surface area (TPSA) is 40.5 Å². The normalized spacial score (nSPS) is 16.8. The fraction of sp³-hybridized carbons (Fsp3) is 1.00. The predicted octanol–water partition coefficient (Wildman–Crippen LogP) is 3.75. The van der Waals surface area contributed by atoms with Gasteiger partial charge in [-0.25, -0.2) is 0 Å². The lowest BCUT2D eigenvalue weighted by atomic mass is 9.89. The van der Waals surface area contributed by atoms with Crippen LogP contribution in [0, 0.1) is 11.8 Å². The summed E-state index contributed by atoms with van der Waals surface area (Å²) in [7, 11) is 0. The number of aliphatic hydroxyl groups excluding tert-OH is 2. The molecule has 3 atom stereocenters. The molecule has 0 aromatic rings. The highest BCUT2D eigenvalue weighted by Gasteiger charge is 2.17. The standard InChI is InChI=1S/C15H32O2/c1-4-7-10-14(6-3)15(17)11-8-9-13(5-2)12-16/h13-17H,4-12H2,1-3H3. The molecule has 2 nitrogen and oxygen atoms in total. The third kappa shape index (κ3) is 7.77. The Balaban J connectivity index is 3.77. The summed E-state index contributed by atoms with van der Waals surface area (Å²) in [6.45, 7) is 6.78. The Hall–Kier alpha value is -0.0800. The molecular formula is C15H32O2. The molecule has 0 heterocycles. The van der Waals surface area contributed by atoms with Gasteiger partial charge in [0, 0.05) is 6.61 Å². The Labute approximate surface area is 107 Å². The molecule has 0 aliphatic rings. The summed E-state index contributed by atoms with van der Waals surface area (Å²) in [6, 6.07) is 0. The summed E-state index contributed by atoms with van der Waals surface area (Å²) in [6.07, 6.45) is 8.58. The van der Waals surface area contributed by atoms with Crippen molar-refractivity contribution in [2.24, 2.45) is 11.8 Å². The summed E-state index contributed by atoms with van der Waals surface area (Å²) in [5, 5.41) is 19.2. The molecule has 2 N–H and O–H groups in total. The van der Waals surface area contributed by atoms with Crippen LogP contribution < -0.4 is 0 Å². The van der Waals surface area contributed by atoms with E-state index in [2.05, 4.69) is 20.8 Å². The van der Waals surface area contributed by atoms with Gasteiger partial charge >= 0.3 is 0 Å². The average molecular weight is 244 g/mol. The van der Waals surface area contributed by atoms with E-state index < -0.39 is 0 Å². The van der Waals surface area contributed by atoms with Gasteiger partial charge in [-0.1, -0.05) is 52.9 Å². The molecular weight excluding hydrogens is 212 g/mol. The first-order valence-electron chi connectivity index (χ1n) is 7.48. The van der Waals surface area contributed by atoms with Crippen molar-refractivity contribution in [1.82, 2.24) is 0 Å². The summed E-state index contributed by atoms with van der Waals surface area (Å²) in [5.41, 5.74) is 0. The van der Waals surface area contributed by atoms with Crippen molar-refractivity contribution in [1.29, 1.82) is 0 Å². The van der Waals surface area contributed by atoms with Crippen LogP contribution in [0.25, 0.3) is 0 Å². The second kappa shape index (κ2) is 11.0. The van der Waals surface area contributed by atoms with Crippen molar-refractivity contribution >= 4 is 0 Å². The molecule has 3 unspecified atom stereocenters. The molecule has 0 aliphatic heterocycles. The molecule has 0 fully saturated rings. The van der Waals surface area contributed by atoms with E-state index in [4.69, 9.17) is 5.11 Å². The molecule has 104 valence electrons. The quantitative estimate of drug-likeness (QED) is 0.581. The van der Waals surface area contributed by atoms with Crippen molar-refractivity contribution in [3.63, 3.8) is 0 Å². The summed E-state index contributed by atoms with van der Waals surface area (Å²) in [4.78, 5) is 0. The maximum Gasteiger partial charge on any atom is 0.0568 e. The van der Waals surface area contributed by atoms with Crippen LogP contribution >= 0.6 is 0 Å². The van der Waals surface area contributed by atoms with E-state index in [0.717, 1.165) is 38.5 Å². The van der Waals surface area contributed by atoms with E-state index in [0.29, 0.717) is 18.4 Å². The van der Waals surface area contributed by atoms with Crippen molar-refractivity contribution in [2.75, 3.05) is 6.61 Å². The molecule has 0 spiro atoms. The number of unbranched alkanes of at least 4 members (excludes halogenated alkanes) is 1. The number of hydrogen-bond acceptors (Lipinski definition) is 2. The highest BCUT2D eigenvalue weighted by Crippen LogP contribution is 2.22. The molecule has 17 heavy (non-hydrogen) atoms. The minimum absolute atomic E-state index is 0.136. The molecule has 0 bridgehead atoms. The molecule has 2 heteroatoms. The monoisotopic (exact) mass is 244 g/mol. The van der Waals surface area contributed by atoms with Crippen molar-refractivity contribution in [3.8, 4) is 0 Å². The largest absolute Gasteiger partial charge is 0.396 e. The highest BCUT2D eigenvalue weighted by molar-refractivity contribution is 4.68. The third-order valence-electron chi connectivity index (χ3n) is 3.94. The van der Waals surface area contributed by atoms with Gasteiger partial charge in [0.05, 0.1) is 6.10 Å². The van der Waals surface area contributed by atoms with E-state index >= 15 is 0 Å². The van der Waals surface area contributed by atoms with Gasteiger partial charge in [0.1, 0.15) is 0 Å². The first kappa shape index (κ1) is 16.9. The second-order valence-electron chi connectivity index (χ2n) is 5.27. The molecule has 0 rings (SSSR count). The SMILES string of the molecule is CCCCC(CC)C(O)CCCC(CC)CO. The lowest BCUT2D eigenvalue weighted by Crippen LogP contribution is -2.20. The highest BCUT2D eigenvalue weighted by atomic mass is 16.3. The van der Waals surface area contributed by atoms with E-state index in [-0.39, 0.29) is 6.10 Å². The van der Waals surface area contributed by atoms with Crippen LogP contribution in [-0.4, -0.2) is 22.9 Å². The Morgan fingerprint density at radius 3 is 2.06 bits per heavy atom. The van der Waals surface area contributed by atoms with E-state index in [1.165, 1.54) is 12.8 Å². The number of hydrogen-bond donors (Lipinski definition) is 2. The zero-order valence-corrected chi connectivity index (χ0v) is 12.0. The lowest BCUT2D eigenvalue weighted by Gasteiger charge is -2.22. The maximum atomic E-state index is 10.1. The van der Waals surface area contributed by atoms with Crippen molar-refractivity contribution < 1.29 is 10.2 Å². The summed E-state index contributed by atoms with van der Waals surface area (Å²) >= 11 is 0. The van der Waals surface area contributed by atoms with Crippen LogP contribution in [0.1, 0.15) is 72.1 Å². The van der Waals surface area contributed by atoms with E-state index in [1.807, 2.05) is 0 Å². The smallest absolute Gasteiger partial charge is 0.0568 e. The molecule has 0 saturated carbocycles. The predicted molar refractivity (Wildman–Crippen MR) is 74.0 cm³/mol. The molecule has 0 aliphatic carbocycles. The van der Waals surface area contributed by atoms with Crippen LogP contribution in [-0.2, 0) is 0 Å². The van der Waals surface area contributed by atoms with Crippen LogP contribution in [0.3, 0.4) is 0 Å². The minimum Gasteiger partial charge on any atom is -0.396 e. The maximum absolute atomic E-state index is 10.1. The molecule has 0 aromatic carbocycles. The van der Waals surface area contributed by atoms with Gasteiger partial charge in [-0.05, 0) is 31.1 Å². The molecule has 0 saturated heterocycles. The van der Waals surface area contributed by atoms with Crippen molar-refractivity contribution in [2.45, 2.75) is 78.2 Å². The van der Waals surface area contributed by atoms with Crippen LogP contribution in [0.15, 0.2) is 0 Å². The van der Waals surface area contributed by atoms with Gasteiger partial charge in [0.15, 0.2) is 0 Å². The Morgan fingerprint density at radius 2 is 1.59 bits per heavy atom. The van der Waals surface area contributed by atoms with Gasteiger partial charge < -0.3 is 10.2 Å². The van der Waals surface area contributed by atoms with Gasteiger partial charge in [-0.2, -0.15) is 0 Å². The van der Waals surface area contributed by atoms with Crippen LogP contribution in [0.4, 0.5) is 0 Å². The fourth-order valence-corrected chi connectivity index (χ4v) is 2.41. The molecule has 0 radical (unpaired) electrons. The van der Waals surface area contributed by atoms with Crippen LogP contribution in [0.5, 0.6) is 0 Å². The summed E-state index contributed by atoms with van der Waals surface area (Å²) in [5.74, 6) is 0.905. The number of aliphatic hydroxyl groups is 2.